The smallest absolute Gasteiger partial charge is 0.335 e. The van der Waals surface area contributed by atoms with Gasteiger partial charge in [0.15, 0.2) is 0 Å². The summed E-state index contributed by atoms with van der Waals surface area (Å²) in [6, 6.07) is 0. The van der Waals surface area contributed by atoms with E-state index in [0.717, 1.165) is 0 Å². The molecule has 1 atom stereocenters. The van der Waals surface area contributed by atoms with E-state index in [1.807, 2.05) is 0 Å². The molecule has 1 aliphatic heterocycles. The molecule has 0 bridgehead atoms. The van der Waals surface area contributed by atoms with Crippen molar-refractivity contribution in [2.24, 2.45) is 0 Å². The van der Waals surface area contributed by atoms with E-state index in [0.29, 0.717) is 6.42 Å². The number of nitrogens with one attached hydrogen (secondary N) is 1. The molecule has 0 amide bonds. The molecule has 13 heavy (non-hydrogen) atoms. The Labute approximate surface area is 76.5 Å². The maximum Gasteiger partial charge on any atom is 0.335 e. The van der Waals surface area contributed by atoms with Crippen molar-refractivity contribution in [2.45, 2.75) is 19.4 Å². The van der Waals surface area contributed by atoms with Gasteiger partial charge in [-0.15, -0.1) is 0 Å². The molecule has 1 unspecified atom stereocenters. The van der Waals surface area contributed by atoms with Crippen molar-refractivity contribution < 1.29 is 22.1 Å². The van der Waals surface area contributed by atoms with Crippen molar-refractivity contribution in [1.29, 1.82) is 0 Å². The molecule has 0 aromatic rings. The van der Waals surface area contributed by atoms with E-state index in [2.05, 4.69) is 8.91 Å². The molecule has 1 fully saturated rings. The quantitative estimate of drug-likeness (QED) is 0.570. The zero-order valence-electron chi connectivity index (χ0n) is 7.15. The van der Waals surface area contributed by atoms with Gasteiger partial charge in [0.05, 0.1) is 6.61 Å². The monoisotopic (exact) mass is 209 g/mol. The van der Waals surface area contributed by atoms with E-state index in [1.165, 1.54) is 6.92 Å². The number of ether oxygens (including phenoxy) is 1. The van der Waals surface area contributed by atoms with Crippen molar-refractivity contribution >= 4 is 16.3 Å². The van der Waals surface area contributed by atoms with Crippen molar-refractivity contribution in [2.75, 3.05) is 13.2 Å². The number of esters is 1. The van der Waals surface area contributed by atoms with Crippen LogP contribution in [0.4, 0.5) is 0 Å². The molecule has 1 aliphatic rings. The summed E-state index contributed by atoms with van der Waals surface area (Å²) in [5.41, 5.74) is 0. The van der Waals surface area contributed by atoms with Crippen LogP contribution in [0.15, 0.2) is 0 Å². The van der Waals surface area contributed by atoms with Gasteiger partial charge < -0.3 is 4.74 Å². The van der Waals surface area contributed by atoms with Crippen molar-refractivity contribution in [3.63, 3.8) is 0 Å². The lowest BCUT2D eigenvalue weighted by atomic mass is 10.3. The Balaban J connectivity index is 2.50. The van der Waals surface area contributed by atoms with E-state index in [4.69, 9.17) is 4.74 Å². The van der Waals surface area contributed by atoms with Gasteiger partial charge in [-0.2, -0.15) is 13.1 Å². The highest BCUT2D eigenvalue weighted by molar-refractivity contribution is 7.84. The highest BCUT2D eigenvalue weighted by Gasteiger charge is 2.22. The summed E-state index contributed by atoms with van der Waals surface area (Å²) >= 11 is 0. The lowest BCUT2D eigenvalue weighted by molar-refractivity contribution is -0.146. The number of rotatable bonds is 1. The highest BCUT2D eigenvalue weighted by atomic mass is 32.2. The van der Waals surface area contributed by atoms with Crippen molar-refractivity contribution in [3.8, 4) is 0 Å². The third-order valence-electron chi connectivity index (χ3n) is 1.50. The van der Waals surface area contributed by atoms with Gasteiger partial charge in [0.25, 0.3) is 0 Å². The van der Waals surface area contributed by atoms with Gasteiger partial charge in [0.2, 0.25) is 0 Å². The molecule has 0 aromatic carbocycles. The third-order valence-corrected chi connectivity index (χ3v) is 2.50. The van der Waals surface area contributed by atoms with Gasteiger partial charge in [-0.1, -0.05) is 0 Å². The molecule has 6 nitrogen and oxygen atoms in total. The van der Waals surface area contributed by atoms with Crippen LogP contribution in [0.25, 0.3) is 0 Å². The summed E-state index contributed by atoms with van der Waals surface area (Å²) in [4.78, 5) is 10.5. The normalized spacial score (nSPS) is 27.6. The number of hydrogen-bond acceptors (Lipinski definition) is 5. The molecule has 0 aromatic heterocycles. The van der Waals surface area contributed by atoms with E-state index in [-0.39, 0.29) is 13.2 Å². The van der Waals surface area contributed by atoms with Crippen LogP contribution in [0.5, 0.6) is 0 Å². The van der Waals surface area contributed by atoms with Crippen LogP contribution in [0.3, 0.4) is 0 Å². The lowest BCUT2D eigenvalue weighted by Gasteiger charge is -2.11. The summed E-state index contributed by atoms with van der Waals surface area (Å²) in [6.07, 6.45) is -0.0546. The molecule has 7 heteroatoms. The predicted molar refractivity (Wildman–Crippen MR) is 43.0 cm³/mol. The van der Waals surface area contributed by atoms with Crippen LogP contribution in [0, 0.1) is 0 Å². The average molecular weight is 209 g/mol. The molecule has 0 spiro atoms. The first kappa shape index (κ1) is 10.4. The summed E-state index contributed by atoms with van der Waals surface area (Å²) in [5.74, 6) is -0.425. The van der Waals surface area contributed by atoms with Gasteiger partial charge >= 0.3 is 16.3 Å². The van der Waals surface area contributed by atoms with Gasteiger partial charge in [0.1, 0.15) is 6.10 Å². The first-order valence-corrected chi connectivity index (χ1v) is 5.22. The van der Waals surface area contributed by atoms with Crippen LogP contribution >= 0.6 is 0 Å². The van der Waals surface area contributed by atoms with Gasteiger partial charge in [-0.25, -0.2) is 0 Å². The Morgan fingerprint density at radius 2 is 2.31 bits per heavy atom. The van der Waals surface area contributed by atoms with Gasteiger partial charge in [-0.05, 0) is 0 Å². The minimum Gasteiger partial charge on any atom is -0.461 e. The van der Waals surface area contributed by atoms with Gasteiger partial charge in [0, 0.05) is 19.9 Å². The zero-order chi connectivity index (χ0) is 9.90. The molecule has 76 valence electrons. The van der Waals surface area contributed by atoms with E-state index in [1.54, 1.807) is 0 Å². The van der Waals surface area contributed by atoms with E-state index >= 15 is 0 Å². The Hall–Kier alpha value is -0.660. The topological polar surface area (TPSA) is 81.7 Å². The summed E-state index contributed by atoms with van der Waals surface area (Å²) < 4.78 is 33.1. The number of carbonyl (C=O) groups excluding carboxylic acids is 1. The molecule has 0 aliphatic carbocycles. The predicted octanol–water partition coefficient (Wildman–Crippen LogP) is -0.827. The van der Waals surface area contributed by atoms with Crippen LogP contribution in [0.2, 0.25) is 0 Å². The molecule has 1 heterocycles. The SMILES string of the molecule is CC(=O)OC1CCOS(=O)(=O)NC1. The second-order valence-electron chi connectivity index (χ2n) is 2.64. The number of carbonyl (C=O) groups is 1. The maximum absolute atomic E-state index is 10.8. The van der Waals surface area contributed by atoms with Gasteiger partial charge in [-0.3, -0.25) is 8.98 Å². The maximum atomic E-state index is 10.8. The van der Waals surface area contributed by atoms with Crippen LogP contribution in [-0.2, 0) is 24.0 Å². The Morgan fingerprint density at radius 3 is 2.92 bits per heavy atom. The average Bonchev–Trinajstić information content (AvgIpc) is 2.12. The lowest BCUT2D eigenvalue weighted by Crippen LogP contribution is -2.31. The molecule has 0 saturated carbocycles. The molecule has 1 N–H and O–H groups in total. The Morgan fingerprint density at radius 1 is 1.62 bits per heavy atom. The van der Waals surface area contributed by atoms with Crippen LogP contribution < -0.4 is 4.72 Å². The van der Waals surface area contributed by atoms with Crippen molar-refractivity contribution in [3.05, 3.63) is 0 Å². The summed E-state index contributed by atoms with van der Waals surface area (Å²) in [7, 11) is -3.63. The van der Waals surface area contributed by atoms with Crippen LogP contribution in [-0.4, -0.2) is 33.6 Å². The fourth-order valence-corrected chi connectivity index (χ4v) is 1.75. The molecule has 1 saturated heterocycles. The first-order valence-electron chi connectivity index (χ1n) is 3.81. The minimum absolute atomic E-state index is 0.0350. The Kier molecular flexibility index (Phi) is 3.23. The fourth-order valence-electron chi connectivity index (χ4n) is 0.963. The first-order chi connectivity index (χ1) is 5.99. The second-order valence-corrected chi connectivity index (χ2v) is 4.08. The fraction of sp³-hybridized carbons (Fsp3) is 0.833. The van der Waals surface area contributed by atoms with Crippen molar-refractivity contribution in [1.82, 2.24) is 4.72 Å². The van der Waals surface area contributed by atoms with E-state index < -0.39 is 22.4 Å². The molecule has 0 radical (unpaired) electrons. The molecular formula is C6H11NO5S. The second kappa shape index (κ2) is 4.03. The summed E-state index contributed by atoms with van der Waals surface area (Å²) in [6.45, 7) is 1.38. The van der Waals surface area contributed by atoms with E-state index in [9.17, 15) is 13.2 Å². The molecule has 1 rings (SSSR count). The standard InChI is InChI=1S/C6H11NO5S/c1-5(8)12-6-2-3-11-13(9,10)7-4-6/h6-7H,2-4H2,1H3. The van der Waals surface area contributed by atoms with Crippen LogP contribution in [0.1, 0.15) is 13.3 Å². The molecular weight excluding hydrogens is 198 g/mol. The number of hydrogen-bond donors (Lipinski definition) is 1. The summed E-state index contributed by atoms with van der Waals surface area (Å²) in [5, 5.41) is 0. The highest BCUT2D eigenvalue weighted by Crippen LogP contribution is 2.05. The minimum atomic E-state index is -3.63. The largest absolute Gasteiger partial charge is 0.461 e. The third kappa shape index (κ3) is 3.71. The zero-order valence-corrected chi connectivity index (χ0v) is 7.96. The Bertz CT molecular complexity index is 285.